The van der Waals surface area contributed by atoms with E-state index in [1.165, 1.54) is 0 Å². The molecule has 34 heavy (non-hydrogen) atoms. The summed E-state index contributed by atoms with van der Waals surface area (Å²) in [5.74, 6) is 0.0975. The molecule has 178 valence electrons. The molecule has 1 fully saturated rings. The lowest BCUT2D eigenvalue weighted by Gasteiger charge is -2.31. The number of epoxide rings is 1. The summed E-state index contributed by atoms with van der Waals surface area (Å²) in [6.07, 6.45) is -1.50. The van der Waals surface area contributed by atoms with Crippen LogP contribution in [-0.4, -0.2) is 30.1 Å². The van der Waals surface area contributed by atoms with Crippen LogP contribution in [0, 0.1) is 5.92 Å². The minimum Gasteiger partial charge on any atom is -0.444 e. The molecule has 1 amide bonds. The second-order valence-electron chi connectivity index (χ2n) is 9.08. The molecule has 0 radical (unpaired) electrons. The monoisotopic (exact) mass is 477 g/mol. The van der Waals surface area contributed by atoms with E-state index >= 15 is 0 Å². The predicted molar refractivity (Wildman–Crippen MR) is 136 cm³/mol. The summed E-state index contributed by atoms with van der Waals surface area (Å²) in [7, 11) is -3.03. The van der Waals surface area contributed by atoms with Gasteiger partial charge in [0.05, 0.1) is 11.8 Å². The van der Waals surface area contributed by atoms with E-state index in [1.54, 1.807) is 0 Å². The number of ether oxygens (including phenoxy) is 2. The van der Waals surface area contributed by atoms with Crippen LogP contribution in [0.1, 0.15) is 26.3 Å². The summed E-state index contributed by atoms with van der Waals surface area (Å²) >= 11 is 0. The average molecular weight is 478 g/mol. The molecule has 3 aromatic carbocycles. The second kappa shape index (κ2) is 10.6. The van der Waals surface area contributed by atoms with Gasteiger partial charge in [0, 0.05) is 17.2 Å². The molecule has 5 nitrogen and oxygen atoms in total. The van der Waals surface area contributed by atoms with Gasteiger partial charge < -0.3 is 19.4 Å². The van der Waals surface area contributed by atoms with Gasteiger partial charge in [-0.15, -0.1) is 0 Å². The Kier molecular flexibility index (Phi) is 7.55. The minimum atomic E-state index is -3.03. The molecule has 6 heteroatoms. The molecule has 1 aliphatic heterocycles. The van der Waals surface area contributed by atoms with Crippen molar-refractivity contribution in [2.45, 2.75) is 51.3 Å². The molecule has 1 aliphatic rings. The van der Waals surface area contributed by atoms with Gasteiger partial charge in [-0.05, 0) is 18.4 Å². The van der Waals surface area contributed by atoms with E-state index in [1.807, 2.05) is 97.9 Å². The third-order valence-corrected chi connectivity index (χ3v) is 10.2. The molecular formula is C28H32NO4P. The van der Waals surface area contributed by atoms with Gasteiger partial charge >= 0.3 is 6.09 Å². The first-order valence-corrected chi connectivity index (χ1v) is 13.5. The maximum atomic E-state index is 14.9. The van der Waals surface area contributed by atoms with Crippen molar-refractivity contribution in [1.82, 2.24) is 5.32 Å². The molecule has 1 heterocycles. The molecule has 3 aromatic rings. The van der Waals surface area contributed by atoms with Crippen molar-refractivity contribution in [3.8, 4) is 0 Å². The summed E-state index contributed by atoms with van der Waals surface area (Å²) < 4.78 is 26.6. The molecule has 1 N–H and O–H groups in total. The first-order valence-electron chi connectivity index (χ1n) is 11.8. The Morgan fingerprint density at radius 1 is 0.853 bits per heavy atom. The third-order valence-electron chi connectivity index (χ3n) is 6.32. The summed E-state index contributed by atoms with van der Waals surface area (Å²) in [4.78, 5) is 12.4. The molecule has 0 aliphatic carbocycles. The van der Waals surface area contributed by atoms with Gasteiger partial charge in [-0.25, -0.2) is 4.79 Å². The number of hydrogen-bond acceptors (Lipinski definition) is 4. The number of nitrogens with one attached hydrogen (secondary N) is 1. The number of benzene rings is 3. The van der Waals surface area contributed by atoms with Crippen molar-refractivity contribution in [2.24, 2.45) is 5.92 Å². The van der Waals surface area contributed by atoms with Crippen molar-refractivity contribution in [3.05, 3.63) is 96.6 Å². The summed E-state index contributed by atoms with van der Waals surface area (Å²) in [6, 6.07) is 29.0. The number of carbonyl (C=O) groups is 1. The van der Waals surface area contributed by atoms with Crippen LogP contribution < -0.4 is 15.9 Å². The van der Waals surface area contributed by atoms with E-state index in [2.05, 4.69) is 19.2 Å². The van der Waals surface area contributed by atoms with Crippen molar-refractivity contribution in [2.75, 3.05) is 0 Å². The van der Waals surface area contributed by atoms with Gasteiger partial charge in [-0.2, -0.15) is 0 Å². The molecule has 0 bridgehead atoms. The molecule has 0 spiro atoms. The first kappa shape index (κ1) is 24.3. The largest absolute Gasteiger partial charge is 0.444 e. The zero-order chi connectivity index (χ0) is 24.1. The Bertz CT molecular complexity index is 1080. The second-order valence-corrected chi connectivity index (χ2v) is 12.0. The number of amides is 1. The van der Waals surface area contributed by atoms with E-state index in [0.29, 0.717) is 6.54 Å². The van der Waals surface area contributed by atoms with E-state index in [-0.39, 0.29) is 23.8 Å². The fourth-order valence-electron chi connectivity index (χ4n) is 4.63. The van der Waals surface area contributed by atoms with Crippen LogP contribution in [0.25, 0.3) is 0 Å². The van der Waals surface area contributed by atoms with E-state index in [4.69, 9.17) is 9.47 Å². The topological polar surface area (TPSA) is 67.9 Å². The SMILES string of the molecule is CC(C)[C@H]([C@@H]1O[C@H]1[C@@H](C)OC(=O)NCc1ccccc1)P(=O)(c1ccccc1)c1ccccc1. The summed E-state index contributed by atoms with van der Waals surface area (Å²) in [5, 5.41) is 4.43. The molecule has 0 aromatic heterocycles. The average Bonchev–Trinajstić information content (AvgIpc) is 3.64. The van der Waals surface area contributed by atoms with Crippen molar-refractivity contribution < 1.29 is 18.8 Å². The standard InChI is InChI=1S/C28H32NO4P/c1-20(2)27(34(31,23-15-9-5-10-16-23)24-17-11-6-12-18-24)26-25(33-26)21(3)32-28(30)29-19-22-13-7-4-8-14-22/h4-18,20-21,25-27H,19H2,1-3H3,(H,29,30)/t21-,25+,26-,27-/m1/s1. The molecular weight excluding hydrogens is 445 g/mol. The highest BCUT2D eigenvalue weighted by Crippen LogP contribution is 2.57. The van der Waals surface area contributed by atoms with Gasteiger partial charge in [0.15, 0.2) is 0 Å². The lowest BCUT2D eigenvalue weighted by atomic mass is 10.0. The fraction of sp³-hybridized carbons (Fsp3) is 0.321. The quantitative estimate of drug-likeness (QED) is 0.344. The van der Waals surface area contributed by atoms with Gasteiger partial charge in [0.25, 0.3) is 0 Å². The van der Waals surface area contributed by atoms with Crippen LogP contribution in [-0.2, 0) is 20.6 Å². The number of hydrogen-bond donors (Lipinski definition) is 1. The van der Waals surface area contributed by atoms with Crippen LogP contribution in [0.2, 0.25) is 0 Å². The predicted octanol–water partition coefficient (Wildman–Crippen LogP) is 5.11. The van der Waals surface area contributed by atoms with Gasteiger partial charge in [-0.1, -0.05) is 105 Å². The highest BCUT2D eigenvalue weighted by molar-refractivity contribution is 7.79. The van der Waals surface area contributed by atoms with E-state index in [9.17, 15) is 9.36 Å². The molecule has 0 saturated carbocycles. The third kappa shape index (κ3) is 5.27. The van der Waals surface area contributed by atoms with Crippen LogP contribution in [0.3, 0.4) is 0 Å². The lowest BCUT2D eigenvalue weighted by molar-refractivity contribution is 0.0889. The molecule has 4 atom stereocenters. The van der Waals surface area contributed by atoms with Crippen molar-refractivity contribution in [3.63, 3.8) is 0 Å². The van der Waals surface area contributed by atoms with Crippen molar-refractivity contribution >= 4 is 23.8 Å². The Morgan fingerprint density at radius 3 is 1.85 bits per heavy atom. The Morgan fingerprint density at radius 2 is 1.35 bits per heavy atom. The summed E-state index contributed by atoms with van der Waals surface area (Å²) in [5.41, 5.74) is 0.764. The Hall–Kier alpha value is -2.88. The molecule has 1 saturated heterocycles. The highest BCUT2D eigenvalue weighted by Gasteiger charge is 2.57. The minimum absolute atomic E-state index is 0.0975. The zero-order valence-electron chi connectivity index (χ0n) is 19.8. The maximum absolute atomic E-state index is 14.9. The highest BCUT2D eigenvalue weighted by atomic mass is 31.2. The van der Waals surface area contributed by atoms with Gasteiger partial charge in [0.1, 0.15) is 19.3 Å². The zero-order valence-corrected chi connectivity index (χ0v) is 20.7. The Labute approximate surface area is 201 Å². The number of alkyl carbamates (subject to hydrolysis) is 1. The molecule has 0 unspecified atom stereocenters. The fourth-order valence-corrected chi connectivity index (χ4v) is 8.34. The normalized spacial score (nSPS) is 19.3. The molecule has 4 rings (SSSR count). The van der Waals surface area contributed by atoms with Crippen LogP contribution >= 0.6 is 7.14 Å². The van der Waals surface area contributed by atoms with Crippen LogP contribution in [0.15, 0.2) is 91.0 Å². The van der Waals surface area contributed by atoms with Crippen molar-refractivity contribution in [1.29, 1.82) is 0 Å². The van der Waals surface area contributed by atoms with Crippen LogP contribution in [0.4, 0.5) is 4.79 Å². The van der Waals surface area contributed by atoms with Crippen LogP contribution in [0.5, 0.6) is 0 Å². The van der Waals surface area contributed by atoms with Gasteiger partial charge in [-0.3, -0.25) is 0 Å². The van der Waals surface area contributed by atoms with E-state index < -0.39 is 19.3 Å². The lowest BCUT2D eigenvalue weighted by Crippen LogP contribution is -2.36. The van der Waals surface area contributed by atoms with Gasteiger partial charge in [0.2, 0.25) is 0 Å². The smallest absolute Gasteiger partial charge is 0.407 e. The number of carbonyl (C=O) groups excluding carboxylic acids is 1. The Balaban J connectivity index is 1.50. The summed E-state index contributed by atoms with van der Waals surface area (Å²) in [6.45, 7) is 6.40. The maximum Gasteiger partial charge on any atom is 0.407 e. The first-order chi connectivity index (χ1) is 16.4. The number of rotatable bonds is 9. The van der Waals surface area contributed by atoms with E-state index in [0.717, 1.165) is 16.2 Å².